The Kier molecular flexibility index (Phi) is 10.2. The zero-order valence-corrected chi connectivity index (χ0v) is 23.8. The normalized spacial score (nSPS) is 12.3. The maximum atomic E-state index is 13.5. The minimum atomic E-state index is -5.02. The fourth-order valence-electron chi connectivity index (χ4n) is 4.55. The van der Waals surface area contributed by atoms with E-state index in [-0.39, 0.29) is 25.5 Å². The minimum absolute atomic E-state index is 0.000991. The van der Waals surface area contributed by atoms with Crippen molar-refractivity contribution in [2.75, 3.05) is 49.0 Å². The summed E-state index contributed by atoms with van der Waals surface area (Å²) >= 11 is 4.69. The third-order valence-corrected chi connectivity index (χ3v) is 9.78. The smallest absolute Gasteiger partial charge is 0.396 e. The van der Waals surface area contributed by atoms with E-state index in [1.54, 1.807) is 35.7 Å². The van der Waals surface area contributed by atoms with Gasteiger partial charge in [0.15, 0.2) is 0 Å². The van der Waals surface area contributed by atoms with Crippen molar-refractivity contribution in [3.63, 3.8) is 0 Å². The summed E-state index contributed by atoms with van der Waals surface area (Å²) in [4.78, 5) is 15.8. The average Bonchev–Trinajstić information content (AvgIpc) is 2.92. The fraction of sp³-hybridized carbons (Fsp3) is 0.393. The second-order valence-electron chi connectivity index (χ2n) is 8.98. The Balaban J connectivity index is 2.03. The first-order chi connectivity index (χ1) is 18.7. The number of nitrogens with zero attached hydrogens (tertiary/aromatic N) is 1. The maximum absolute atomic E-state index is 13.5. The lowest BCUT2D eigenvalue weighted by Crippen LogP contribution is -2.38. The van der Waals surface area contributed by atoms with Crippen LogP contribution in [-0.4, -0.2) is 71.5 Å². The van der Waals surface area contributed by atoms with Crippen LogP contribution >= 0.6 is 35.3 Å². The highest BCUT2D eigenvalue weighted by atomic mass is 32.2. The van der Waals surface area contributed by atoms with E-state index in [0.29, 0.717) is 46.8 Å². The van der Waals surface area contributed by atoms with Gasteiger partial charge < -0.3 is 20.2 Å². The largest absolute Gasteiger partial charge is 0.471 e. The van der Waals surface area contributed by atoms with Crippen molar-refractivity contribution in [1.82, 2.24) is 0 Å². The summed E-state index contributed by atoms with van der Waals surface area (Å²) in [6.07, 6.45) is -3.24. The lowest BCUT2D eigenvalue weighted by atomic mass is 9.93. The number of carbonyl (C=O) groups is 1. The number of aliphatic hydroxyl groups excluding tert-OH is 3. The highest BCUT2D eigenvalue weighted by Gasteiger charge is 2.42. The van der Waals surface area contributed by atoms with Gasteiger partial charge in [-0.3, -0.25) is 4.79 Å². The van der Waals surface area contributed by atoms with Crippen molar-refractivity contribution < 1.29 is 33.3 Å². The monoisotopic (exact) mass is 597 g/mol. The number of benzene rings is 4. The molecule has 0 saturated heterocycles. The average molecular weight is 598 g/mol. The first-order valence-corrected chi connectivity index (χ1v) is 15.5. The molecule has 1 amide bonds. The van der Waals surface area contributed by atoms with Crippen LogP contribution in [0.25, 0.3) is 32.3 Å². The molecular formula is C28H30F3NO4S3. The van der Waals surface area contributed by atoms with Crippen molar-refractivity contribution in [1.29, 1.82) is 0 Å². The molecule has 3 N–H and O–H groups in total. The molecule has 4 aromatic rings. The van der Waals surface area contributed by atoms with Gasteiger partial charge in [0.05, 0.1) is 5.69 Å². The first-order valence-electron chi connectivity index (χ1n) is 12.6. The van der Waals surface area contributed by atoms with Crippen molar-refractivity contribution in [3.8, 4) is 0 Å². The molecule has 11 heteroatoms. The van der Waals surface area contributed by atoms with Gasteiger partial charge in [-0.05, 0) is 52.9 Å². The molecule has 4 aromatic carbocycles. The molecule has 0 bridgehead atoms. The van der Waals surface area contributed by atoms with Crippen LogP contribution in [0.15, 0.2) is 51.1 Å². The lowest BCUT2D eigenvalue weighted by Gasteiger charge is -2.24. The molecule has 0 radical (unpaired) electrons. The Bertz CT molecular complexity index is 1420. The SMILES string of the molecule is CN(C(=O)C(F)(F)F)c1cc(SCCCO)c2ccc3c(SCCCO)cc(SCCCO)c4ccc1c2c34. The fourth-order valence-corrected chi connectivity index (χ4v) is 7.68. The summed E-state index contributed by atoms with van der Waals surface area (Å²) in [6, 6.07) is 11.5. The second-order valence-corrected chi connectivity index (χ2v) is 12.4. The molecule has 0 unspecified atom stereocenters. The van der Waals surface area contributed by atoms with Gasteiger partial charge in [0.2, 0.25) is 0 Å². The lowest BCUT2D eigenvalue weighted by molar-refractivity contribution is -0.170. The number of alkyl halides is 3. The summed E-state index contributed by atoms with van der Waals surface area (Å²) < 4.78 is 40.4. The molecule has 0 aliphatic heterocycles. The van der Waals surface area contributed by atoms with Crippen LogP contribution in [0.1, 0.15) is 19.3 Å². The van der Waals surface area contributed by atoms with E-state index in [0.717, 1.165) is 48.7 Å². The Labute approximate surface area is 237 Å². The Morgan fingerprint density at radius 3 is 1.51 bits per heavy atom. The van der Waals surface area contributed by atoms with Crippen LogP contribution in [0.2, 0.25) is 0 Å². The molecule has 4 rings (SSSR count). The van der Waals surface area contributed by atoms with Crippen molar-refractivity contribution >= 4 is 79.2 Å². The van der Waals surface area contributed by atoms with E-state index < -0.39 is 12.1 Å². The summed E-state index contributed by atoms with van der Waals surface area (Å²) in [5.41, 5.74) is 0.179. The van der Waals surface area contributed by atoms with E-state index in [9.17, 15) is 33.3 Å². The summed E-state index contributed by atoms with van der Waals surface area (Å²) in [5.74, 6) is 0.0422. The molecule has 0 aliphatic carbocycles. The number of thioether (sulfide) groups is 3. The van der Waals surface area contributed by atoms with Gasteiger partial charge >= 0.3 is 12.1 Å². The standard InChI is InChI=1S/C28H30F3NO4S3/c1-32(27(36)28(29,30)31)21-15-22(37-12-2-9-33)18-7-8-20-24(39-14-4-11-35)16-23(38-13-3-10-34)19-6-5-17(21)25(18)26(19)20/h5-8,15-16,33-35H,2-4,9-14H2,1H3. The summed E-state index contributed by atoms with van der Waals surface area (Å²) in [5, 5.41) is 33.0. The number of rotatable bonds is 13. The molecule has 210 valence electrons. The maximum Gasteiger partial charge on any atom is 0.471 e. The van der Waals surface area contributed by atoms with Gasteiger partial charge in [-0.25, -0.2) is 0 Å². The van der Waals surface area contributed by atoms with Gasteiger partial charge in [-0.2, -0.15) is 13.2 Å². The van der Waals surface area contributed by atoms with E-state index in [2.05, 4.69) is 6.07 Å². The van der Waals surface area contributed by atoms with E-state index in [4.69, 9.17) is 0 Å². The third-order valence-electron chi connectivity index (χ3n) is 6.35. The highest BCUT2D eigenvalue weighted by molar-refractivity contribution is 8.00. The van der Waals surface area contributed by atoms with Crippen LogP contribution in [0.4, 0.5) is 18.9 Å². The van der Waals surface area contributed by atoms with Crippen molar-refractivity contribution in [3.05, 3.63) is 36.4 Å². The molecule has 0 aliphatic rings. The van der Waals surface area contributed by atoms with Gasteiger partial charge in [0.25, 0.3) is 0 Å². The van der Waals surface area contributed by atoms with E-state index in [1.165, 1.54) is 11.8 Å². The number of hydrogen-bond acceptors (Lipinski definition) is 7. The Morgan fingerprint density at radius 1 is 0.718 bits per heavy atom. The molecule has 39 heavy (non-hydrogen) atoms. The van der Waals surface area contributed by atoms with Gasteiger partial charge in [0, 0.05) is 69.6 Å². The summed E-state index contributed by atoms with van der Waals surface area (Å²) in [6.45, 7) is 0.156. The van der Waals surface area contributed by atoms with E-state index >= 15 is 0 Å². The first kappa shape index (κ1) is 30.1. The highest BCUT2D eigenvalue weighted by Crippen LogP contribution is 2.48. The predicted molar refractivity (Wildman–Crippen MR) is 157 cm³/mol. The molecular weight excluding hydrogens is 568 g/mol. The number of anilines is 1. The van der Waals surface area contributed by atoms with Crippen molar-refractivity contribution in [2.24, 2.45) is 0 Å². The number of amides is 1. The molecule has 0 saturated carbocycles. The van der Waals surface area contributed by atoms with Crippen LogP contribution in [0.5, 0.6) is 0 Å². The van der Waals surface area contributed by atoms with Gasteiger partial charge in [-0.15, -0.1) is 35.3 Å². The quantitative estimate of drug-likeness (QED) is 0.0918. The second kappa shape index (κ2) is 13.2. The Hall–Kier alpha value is -1.89. The van der Waals surface area contributed by atoms with Crippen LogP contribution in [0, 0.1) is 0 Å². The topological polar surface area (TPSA) is 81.0 Å². The van der Waals surface area contributed by atoms with Crippen LogP contribution in [0.3, 0.4) is 0 Å². The Morgan fingerprint density at radius 2 is 1.10 bits per heavy atom. The van der Waals surface area contributed by atoms with E-state index in [1.807, 2.05) is 18.2 Å². The summed E-state index contributed by atoms with van der Waals surface area (Å²) in [7, 11) is 1.15. The molecule has 0 fully saturated rings. The van der Waals surface area contributed by atoms with Gasteiger partial charge in [-0.1, -0.05) is 24.3 Å². The van der Waals surface area contributed by atoms with Crippen molar-refractivity contribution in [2.45, 2.75) is 40.1 Å². The predicted octanol–water partition coefficient (Wildman–Crippen LogP) is 6.53. The number of carbonyl (C=O) groups excluding carboxylic acids is 1. The molecule has 0 spiro atoms. The number of hydrogen-bond donors (Lipinski definition) is 3. The number of aliphatic hydroxyl groups is 3. The number of halogens is 3. The molecule has 0 heterocycles. The third kappa shape index (κ3) is 6.39. The molecule has 5 nitrogen and oxygen atoms in total. The van der Waals surface area contributed by atoms with Crippen LogP contribution in [-0.2, 0) is 4.79 Å². The zero-order valence-electron chi connectivity index (χ0n) is 21.4. The molecule has 0 atom stereocenters. The molecule has 0 aromatic heterocycles. The minimum Gasteiger partial charge on any atom is -0.396 e. The van der Waals surface area contributed by atoms with Crippen LogP contribution < -0.4 is 4.90 Å². The zero-order chi connectivity index (χ0) is 28.2. The van der Waals surface area contributed by atoms with Gasteiger partial charge in [0.1, 0.15) is 0 Å².